The van der Waals surface area contributed by atoms with Gasteiger partial charge in [-0.2, -0.15) is 0 Å². The van der Waals surface area contributed by atoms with Gasteiger partial charge >= 0.3 is 0 Å². The number of thioether (sulfide) groups is 1. The number of carbonyl (C=O) groups excluding carboxylic acids is 1. The minimum Gasteiger partial charge on any atom is -0.359 e. The fourth-order valence-corrected chi connectivity index (χ4v) is 2.84. The lowest BCUT2D eigenvalue weighted by Crippen LogP contribution is -2.02. The molecule has 0 radical (unpaired) electrons. The van der Waals surface area contributed by atoms with Crippen LogP contribution in [0, 0.1) is 13.8 Å². The van der Waals surface area contributed by atoms with E-state index in [1.807, 2.05) is 12.1 Å². The molecule has 0 amide bonds. The van der Waals surface area contributed by atoms with E-state index < -0.39 is 0 Å². The number of benzene rings is 1. The lowest BCUT2D eigenvalue weighted by molar-refractivity contribution is 0.101. The molecule has 3 heteroatoms. The van der Waals surface area contributed by atoms with Crippen molar-refractivity contribution in [2.75, 3.05) is 5.75 Å². The van der Waals surface area contributed by atoms with Crippen LogP contribution in [0.2, 0.25) is 0 Å². The molecule has 1 aromatic carbocycles. The number of H-pyrrole nitrogens is 1. The lowest BCUT2D eigenvalue weighted by atomic mass is 10.1. The molecule has 0 aliphatic heterocycles. The number of hydrogen-bond acceptors (Lipinski definition) is 2. The number of aryl methyl sites for hydroxylation is 2. The summed E-state index contributed by atoms with van der Waals surface area (Å²) in [5, 5.41) is 0. The third-order valence-corrected chi connectivity index (χ3v) is 3.69. The molecule has 0 spiro atoms. The van der Waals surface area contributed by atoms with Gasteiger partial charge in [-0.25, -0.2) is 0 Å². The van der Waals surface area contributed by atoms with Crippen LogP contribution in [0.1, 0.15) is 27.2 Å². The van der Waals surface area contributed by atoms with Crippen molar-refractivity contribution in [2.24, 2.45) is 0 Å². The molecule has 0 aliphatic carbocycles. The monoisotopic (exact) mass is 259 g/mol. The van der Waals surface area contributed by atoms with E-state index in [1.165, 1.54) is 16.7 Å². The van der Waals surface area contributed by atoms with Gasteiger partial charge in [0, 0.05) is 11.9 Å². The fraction of sp³-hybridized carbons (Fsp3) is 0.267. The zero-order valence-electron chi connectivity index (χ0n) is 10.7. The molecule has 18 heavy (non-hydrogen) atoms. The Morgan fingerprint density at radius 2 is 1.94 bits per heavy atom. The molecule has 0 saturated heterocycles. The standard InChI is InChI=1S/C15H17NOS/c1-11-6-12(2)8-13(7-11)9-18-10-15(17)14-4-3-5-16-14/h3-8,16H,9-10H2,1-2H3. The van der Waals surface area contributed by atoms with Crippen molar-refractivity contribution in [3.63, 3.8) is 0 Å². The fourth-order valence-electron chi connectivity index (χ4n) is 2.00. The Kier molecular flexibility index (Phi) is 4.26. The summed E-state index contributed by atoms with van der Waals surface area (Å²) >= 11 is 1.66. The predicted octanol–water partition coefficient (Wildman–Crippen LogP) is 3.75. The van der Waals surface area contributed by atoms with Crippen molar-refractivity contribution in [3.8, 4) is 0 Å². The van der Waals surface area contributed by atoms with Crippen LogP contribution < -0.4 is 0 Å². The summed E-state index contributed by atoms with van der Waals surface area (Å²) in [5.41, 5.74) is 4.54. The SMILES string of the molecule is Cc1cc(C)cc(CSCC(=O)c2ccc[nH]2)c1. The normalized spacial score (nSPS) is 10.6. The van der Waals surface area contributed by atoms with Gasteiger partial charge in [0.05, 0.1) is 11.4 Å². The van der Waals surface area contributed by atoms with Gasteiger partial charge in [0.1, 0.15) is 0 Å². The second kappa shape index (κ2) is 5.91. The van der Waals surface area contributed by atoms with Gasteiger partial charge in [0.2, 0.25) is 0 Å². The van der Waals surface area contributed by atoms with E-state index in [4.69, 9.17) is 0 Å². The van der Waals surface area contributed by atoms with E-state index in [2.05, 4.69) is 37.0 Å². The number of aromatic amines is 1. The minimum atomic E-state index is 0.161. The maximum atomic E-state index is 11.8. The Balaban J connectivity index is 1.87. The average Bonchev–Trinajstić information content (AvgIpc) is 2.80. The summed E-state index contributed by atoms with van der Waals surface area (Å²) in [5.74, 6) is 1.57. The summed E-state index contributed by atoms with van der Waals surface area (Å²) in [4.78, 5) is 14.7. The number of rotatable bonds is 5. The van der Waals surface area contributed by atoms with Crippen molar-refractivity contribution >= 4 is 17.5 Å². The first-order valence-corrected chi connectivity index (χ1v) is 7.12. The van der Waals surface area contributed by atoms with Crippen molar-refractivity contribution in [1.82, 2.24) is 4.98 Å². The first-order valence-electron chi connectivity index (χ1n) is 5.96. The second-order valence-electron chi connectivity index (χ2n) is 4.50. The first kappa shape index (κ1) is 13.0. The Morgan fingerprint density at radius 3 is 2.56 bits per heavy atom. The topological polar surface area (TPSA) is 32.9 Å². The Morgan fingerprint density at radius 1 is 1.22 bits per heavy atom. The number of aromatic nitrogens is 1. The van der Waals surface area contributed by atoms with Crippen LogP contribution >= 0.6 is 11.8 Å². The minimum absolute atomic E-state index is 0.161. The zero-order valence-corrected chi connectivity index (χ0v) is 11.5. The van der Waals surface area contributed by atoms with E-state index in [1.54, 1.807) is 18.0 Å². The molecule has 1 aromatic heterocycles. The number of Topliss-reactive ketones (excluding diaryl/α,β-unsaturated/α-hetero) is 1. The summed E-state index contributed by atoms with van der Waals surface area (Å²) in [7, 11) is 0. The van der Waals surface area contributed by atoms with Gasteiger partial charge in [-0.1, -0.05) is 29.3 Å². The van der Waals surface area contributed by atoms with E-state index in [0.717, 1.165) is 5.75 Å². The Bertz CT molecular complexity index is 511. The molecular formula is C15H17NOS. The third-order valence-electron chi connectivity index (χ3n) is 2.68. The van der Waals surface area contributed by atoms with E-state index >= 15 is 0 Å². The van der Waals surface area contributed by atoms with Gasteiger partial charge in [-0.05, 0) is 31.5 Å². The van der Waals surface area contributed by atoms with Gasteiger partial charge in [0.25, 0.3) is 0 Å². The molecule has 2 rings (SSSR count). The van der Waals surface area contributed by atoms with Crippen molar-refractivity contribution in [2.45, 2.75) is 19.6 Å². The molecule has 2 nitrogen and oxygen atoms in total. The van der Waals surface area contributed by atoms with Crippen molar-refractivity contribution in [1.29, 1.82) is 0 Å². The van der Waals surface area contributed by atoms with Crippen LogP contribution in [0.25, 0.3) is 0 Å². The summed E-state index contributed by atoms with van der Waals surface area (Å²) in [6.45, 7) is 4.20. The third kappa shape index (κ3) is 3.50. The van der Waals surface area contributed by atoms with Crippen LogP contribution in [-0.2, 0) is 5.75 Å². The van der Waals surface area contributed by atoms with Crippen LogP contribution in [0.15, 0.2) is 36.5 Å². The molecule has 0 atom stereocenters. The van der Waals surface area contributed by atoms with Crippen molar-refractivity contribution in [3.05, 3.63) is 58.9 Å². The molecule has 1 N–H and O–H groups in total. The molecule has 0 aliphatic rings. The quantitative estimate of drug-likeness (QED) is 0.830. The first-order chi connectivity index (χ1) is 8.65. The van der Waals surface area contributed by atoms with Gasteiger partial charge in [-0.15, -0.1) is 11.8 Å². The molecule has 0 bridgehead atoms. The van der Waals surface area contributed by atoms with Gasteiger partial charge in [-0.3, -0.25) is 4.79 Å². The molecule has 1 heterocycles. The summed E-state index contributed by atoms with van der Waals surface area (Å²) in [6.07, 6.45) is 1.78. The average molecular weight is 259 g/mol. The second-order valence-corrected chi connectivity index (χ2v) is 5.48. The molecular weight excluding hydrogens is 242 g/mol. The van der Waals surface area contributed by atoms with Gasteiger partial charge in [0.15, 0.2) is 5.78 Å². The predicted molar refractivity (Wildman–Crippen MR) is 77.2 cm³/mol. The maximum Gasteiger partial charge on any atom is 0.188 e. The summed E-state index contributed by atoms with van der Waals surface area (Å²) < 4.78 is 0. The Labute approximate surface area is 112 Å². The highest BCUT2D eigenvalue weighted by atomic mass is 32.2. The summed E-state index contributed by atoms with van der Waals surface area (Å²) in [6, 6.07) is 10.2. The largest absolute Gasteiger partial charge is 0.359 e. The number of carbonyl (C=O) groups is 1. The zero-order chi connectivity index (χ0) is 13.0. The lowest BCUT2D eigenvalue weighted by Gasteiger charge is -2.04. The van der Waals surface area contributed by atoms with Crippen LogP contribution in [0.5, 0.6) is 0 Å². The molecule has 0 unspecified atom stereocenters. The number of nitrogens with one attached hydrogen (secondary N) is 1. The highest BCUT2D eigenvalue weighted by Crippen LogP contribution is 2.16. The smallest absolute Gasteiger partial charge is 0.188 e. The molecule has 0 fully saturated rings. The number of ketones is 1. The highest BCUT2D eigenvalue weighted by Gasteiger charge is 2.06. The molecule has 2 aromatic rings. The van der Waals surface area contributed by atoms with Crippen LogP contribution in [0.3, 0.4) is 0 Å². The molecule has 0 saturated carbocycles. The van der Waals surface area contributed by atoms with Crippen LogP contribution in [0.4, 0.5) is 0 Å². The van der Waals surface area contributed by atoms with Gasteiger partial charge < -0.3 is 4.98 Å². The van der Waals surface area contributed by atoms with E-state index in [0.29, 0.717) is 11.4 Å². The maximum absolute atomic E-state index is 11.8. The van der Waals surface area contributed by atoms with E-state index in [9.17, 15) is 4.79 Å². The molecule has 94 valence electrons. The number of hydrogen-bond donors (Lipinski definition) is 1. The van der Waals surface area contributed by atoms with Crippen molar-refractivity contribution < 1.29 is 4.79 Å². The van der Waals surface area contributed by atoms with Crippen LogP contribution in [-0.4, -0.2) is 16.5 Å². The Hall–Kier alpha value is -1.48. The highest BCUT2D eigenvalue weighted by molar-refractivity contribution is 7.99. The van der Waals surface area contributed by atoms with E-state index in [-0.39, 0.29) is 5.78 Å².